The molecule has 3 N–H and O–H groups in total. The molecular weight excluding hydrogens is 1150 g/mol. The summed E-state index contributed by atoms with van der Waals surface area (Å²) < 4.78 is 33.2. The van der Waals surface area contributed by atoms with Crippen LogP contribution in [-0.2, 0) is 32.7 Å². The van der Waals surface area contributed by atoms with Crippen LogP contribution in [0.2, 0.25) is 0 Å². The molecule has 2 unspecified atom stereocenters. The Balaban J connectivity index is 3.89. The van der Waals surface area contributed by atoms with Crippen LogP contribution in [0.4, 0.5) is 0 Å². The van der Waals surface area contributed by atoms with E-state index in [1.54, 1.807) is 0 Å². The van der Waals surface area contributed by atoms with E-state index >= 15 is 0 Å². The highest BCUT2D eigenvalue weighted by molar-refractivity contribution is 7.47. The van der Waals surface area contributed by atoms with Gasteiger partial charge in [-0.05, 0) is 89.9 Å². The van der Waals surface area contributed by atoms with Gasteiger partial charge in [-0.1, -0.05) is 367 Å². The van der Waals surface area contributed by atoms with Crippen molar-refractivity contribution in [1.82, 2.24) is 0 Å². The molecule has 524 valence electrons. The molecule has 0 aromatic carbocycles. The smallest absolute Gasteiger partial charge is 0.462 e. The zero-order valence-electron chi connectivity index (χ0n) is 59.1. The maximum atomic E-state index is 12.8. The molecular formula is C81H142NO8P. The number of ether oxygens (including phenoxy) is 2. The lowest BCUT2D eigenvalue weighted by Crippen LogP contribution is -2.29. The van der Waals surface area contributed by atoms with Crippen LogP contribution in [0.15, 0.2) is 122 Å². The highest BCUT2D eigenvalue weighted by Gasteiger charge is 2.26. The number of carbonyl (C=O) groups is 2. The Bertz CT molecular complexity index is 1910. The van der Waals surface area contributed by atoms with Crippen LogP contribution in [0.25, 0.3) is 0 Å². The fraction of sp³-hybridized carbons (Fsp3) is 0.728. The maximum Gasteiger partial charge on any atom is 0.472 e. The second-order valence-corrected chi connectivity index (χ2v) is 26.6. The van der Waals surface area contributed by atoms with Crippen molar-refractivity contribution >= 4 is 19.8 Å². The van der Waals surface area contributed by atoms with Gasteiger partial charge in [0.25, 0.3) is 0 Å². The first-order chi connectivity index (χ1) is 44.8. The van der Waals surface area contributed by atoms with Crippen molar-refractivity contribution in [3.8, 4) is 0 Å². The molecule has 0 bridgehead atoms. The molecule has 0 spiro atoms. The van der Waals surface area contributed by atoms with Crippen LogP contribution < -0.4 is 5.73 Å². The molecule has 91 heavy (non-hydrogen) atoms. The summed E-state index contributed by atoms with van der Waals surface area (Å²) in [5.41, 5.74) is 5.41. The quantitative estimate of drug-likeness (QED) is 0.0264. The molecule has 0 aromatic rings. The SMILES string of the molecule is CC/C=C\C/C=C\C/C=C\C/C=C\C/C=C\C/C=C\C/C=C\C/C=C\C/C=C\C/C=C\CCCCCCCCCCCCC(=O)OC(COC(=O)CCCCCCCCCCCCCCCCCCCCCCCCCCCCCCC)COP(=O)(O)OCCN. The van der Waals surface area contributed by atoms with Crippen molar-refractivity contribution in [3.05, 3.63) is 122 Å². The van der Waals surface area contributed by atoms with Crippen molar-refractivity contribution < 1.29 is 37.6 Å². The van der Waals surface area contributed by atoms with Crippen LogP contribution in [0.3, 0.4) is 0 Å². The number of hydrogen-bond donors (Lipinski definition) is 2. The molecule has 0 amide bonds. The van der Waals surface area contributed by atoms with Crippen molar-refractivity contribution in [2.24, 2.45) is 5.73 Å². The van der Waals surface area contributed by atoms with Crippen LogP contribution in [0.1, 0.15) is 348 Å². The largest absolute Gasteiger partial charge is 0.472 e. The van der Waals surface area contributed by atoms with E-state index in [1.165, 1.54) is 205 Å². The Hall–Kier alpha value is -3.59. The summed E-state index contributed by atoms with van der Waals surface area (Å²) in [7, 11) is -4.40. The maximum absolute atomic E-state index is 12.8. The van der Waals surface area contributed by atoms with Gasteiger partial charge in [0.1, 0.15) is 6.61 Å². The minimum Gasteiger partial charge on any atom is -0.462 e. The summed E-state index contributed by atoms with van der Waals surface area (Å²) in [4.78, 5) is 35.4. The molecule has 0 saturated carbocycles. The van der Waals surface area contributed by atoms with Gasteiger partial charge in [0.05, 0.1) is 13.2 Å². The summed E-state index contributed by atoms with van der Waals surface area (Å²) in [6.45, 7) is 3.67. The Morgan fingerprint density at radius 2 is 0.604 bits per heavy atom. The lowest BCUT2D eigenvalue weighted by atomic mass is 10.0. The number of allylic oxidation sites excluding steroid dienone is 20. The molecule has 0 aliphatic rings. The van der Waals surface area contributed by atoms with E-state index in [1.807, 2.05) is 0 Å². The molecule has 0 aromatic heterocycles. The van der Waals surface area contributed by atoms with E-state index in [9.17, 15) is 19.0 Å². The van der Waals surface area contributed by atoms with E-state index in [4.69, 9.17) is 24.3 Å². The number of hydrogen-bond acceptors (Lipinski definition) is 8. The number of rotatable bonds is 71. The van der Waals surface area contributed by atoms with Gasteiger partial charge in [-0.15, -0.1) is 0 Å². The van der Waals surface area contributed by atoms with Gasteiger partial charge in [0, 0.05) is 19.4 Å². The summed E-state index contributed by atoms with van der Waals surface area (Å²) >= 11 is 0. The molecule has 0 aliphatic heterocycles. The normalized spacial score (nSPS) is 13.6. The number of carbonyl (C=O) groups excluding carboxylic acids is 2. The topological polar surface area (TPSA) is 134 Å². The van der Waals surface area contributed by atoms with Gasteiger partial charge in [-0.3, -0.25) is 18.6 Å². The molecule has 0 saturated heterocycles. The third kappa shape index (κ3) is 75.3. The van der Waals surface area contributed by atoms with Gasteiger partial charge >= 0.3 is 19.8 Å². The second-order valence-electron chi connectivity index (χ2n) is 25.1. The third-order valence-corrected chi connectivity index (χ3v) is 17.3. The molecule has 0 radical (unpaired) electrons. The highest BCUT2D eigenvalue weighted by Crippen LogP contribution is 2.43. The van der Waals surface area contributed by atoms with Gasteiger partial charge in [-0.25, -0.2) is 4.57 Å². The first-order valence-corrected chi connectivity index (χ1v) is 39.5. The zero-order chi connectivity index (χ0) is 65.8. The Morgan fingerprint density at radius 3 is 0.901 bits per heavy atom. The minimum atomic E-state index is -4.40. The van der Waals surface area contributed by atoms with E-state index in [2.05, 4.69) is 135 Å². The average molecular weight is 1290 g/mol. The molecule has 10 heteroatoms. The van der Waals surface area contributed by atoms with Crippen LogP contribution in [-0.4, -0.2) is 49.3 Å². The highest BCUT2D eigenvalue weighted by atomic mass is 31.2. The lowest BCUT2D eigenvalue weighted by Gasteiger charge is -2.19. The summed E-state index contributed by atoms with van der Waals surface area (Å²) in [5, 5.41) is 0. The standard InChI is InChI=1S/C81H142NO8P/c1-3-5-7-9-11-13-15-17-19-21-23-25-27-29-31-33-34-35-36-37-38-39-40-41-42-43-44-46-48-50-52-54-56-58-60-62-64-66-68-70-72-74-81(84)90-79(78-89-91(85,86)88-76-75-82)77-87-80(83)73-71-69-67-65-63-61-59-57-55-53-51-49-47-45-32-30-28-26-24-22-20-18-16-14-12-10-8-6-4-2/h5,7,11,13,17,19,23,25,29,31,34-35,37-38,40-41,43-44,48,50,79H,3-4,6,8-10,12,14-16,18,20-22,24,26-28,30,32-33,36,39,42,45-47,49,51-78,82H2,1-2H3,(H,85,86)/b7-5-,13-11-,19-17-,25-23-,31-29-,35-34-,38-37-,41-40-,44-43-,50-48-. The lowest BCUT2D eigenvalue weighted by molar-refractivity contribution is -0.161. The average Bonchev–Trinajstić information content (AvgIpc) is 3.74. The van der Waals surface area contributed by atoms with E-state index in [0.717, 1.165) is 109 Å². The van der Waals surface area contributed by atoms with Crippen molar-refractivity contribution in [2.45, 2.75) is 354 Å². The number of nitrogens with two attached hydrogens (primary N) is 1. The Labute approximate surface area is 561 Å². The molecule has 0 heterocycles. The van der Waals surface area contributed by atoms with Crippen molar-refractivity contribution in [2.75, 3.05) is 26.4 Å². The first-order valence-electron chi connectivity index (χ1n) is 38.0. The zero-order valence-corrected chi connectivity index (χ0v) is 59.9. The number of esters is 2. The predicted molar refractivity (Wildman–Crippen MR) is 394 cm³/mol. The Kier molecular flexibility index (Phi) is 72.5. The van der Waals surface area contributed by atoms with Gasteiger partial charge < -0.3 is 20.1 Å². The van der Waals surface area contributed by atoms with E-state index in [0.29, 0.717) is 6.42 Å². The fourth-order valence-corrected chi connectivity index (χ4v) is 11.6. The van der Waals surface area contributed by atoms with Crippen LogP contribution in [0.5, 0.6) is 0 Å². The second kappa shape index (κ2) is 75.4. The van der Waals surface area contributed by atoms with Crippen LogP contribution >= 0.6 is 7.82 Å². The van der Waals surface area contributed by atoms with Gasteiger partial charge in [0.15, 0.2) is 6.10 Å². The van der Waals surface area contributed by atoms with Crippen LogP contribution in [0, 0.1) is 0 Å². The summed E-state index contributed by atoms with van der Waals surface area (Å²) in [5.74, 6) is -0.823. The number of unbranched alkanes of at least 4 members (excludes halogenated alkanes) is 38. The van der Waals surface area contributed by atoms with Gasteiger partial charge in [-0.2, -0.15) is 0 Å². The molecule has 0 rings (SSSR count). The minimum absolute atomic E-state index is 0.0497. The van der Waals surface area contributed by atoms with Crippen molar-refractivity contribution in [1.29, 1.82) is 0 Å². The Morgan fingerprint density at radius 1 is 0.341 bits per heavy atom. The predicted octanol–water partition coefficient (Wildman–Crippen LogP) is 25.4. The van der Waals surface area contributed by atoms with Crippen molar-refractivity contribution in [3.63, 3.8) is 0 Å². The van der Waals surface area contributed by atoms with E-state index in [-0.39, 0.29) is 38.6 Å². The molecule has 0 aliphatic carbocycles. The summed E-state index contributed by atoms with van der Waals surface area (Å²) in [6.07, 6.45) is 106. The number of phosphoric acid groups is 1. The molecule has 0 fully saturated rings. The number of phosphoric ester groups is 1. The first kappa shape index (κ1) is 87.4. The molecule has 2 atom stereocenters. The summed E-state index contributed by atoms with van der Waals surface area (Å²) in [6, 6.07) is 0. The fourth-order valence-electron chi connectivity index (χ4n) is 10.8. The molecule has 9 nitrogen and oxygen atoms in total. The van der Waals surface area contributed by atoms with Gasteiger partial charge in [0.2, 0.25) is 0 Å². The monoisotopic (exact) mass is 1290 g/mol. The van der Waals surface area contributed by atoms with E-state index < -0.39 is 26.5 Å². The third-order valence-electron chi connectivity index (χ3n) is 16.4.